The quantitative estimate of drug-likeness (QED) is 0.458. The van der Waals surface area contributed by atoms with Crippen LogP contribution < -0.4 is 10.2 Å². The Morgan fingerprint density at radius 2 is 1.95 bits per heavy atom. The molecule has 0 saturated heterocycles. The molecule has 2 N–H and O–H groups in total. The van der Waals surface area contributed by atoms with Crippen molar-refractivity contribution in [2.75, 3.05) is 25.6 Å². The van der Waals surface area contributed by atoms with Crippen LogP contribution in [-0.4, -0.2) is 36.9 Å². The summed E-state index contributed by atoms with van der Waals surface area (Å²) >= 11 is 5.31. The normalized spacial score (nSPS) is 10.0. The number of aromatic hydroxyl groups is 1. The Balaban J connectivity index is 2.21. The van der Waals surface area contributed by atoms with E-state index < -0.39 is 0 Å². The number of hydrogen-bond acceptors (Lipinski definition) is 4. The van der Waals surface area contributed by atoms with Gasteiger partial charge in [0.25, 0.3) is 0 Å². The van der Waals surface area contributed by atoms with Gasteiger partial charge in [0.1, 0.15) is 5.75 Å². The van der Waals surface area contributed by atoms with E-state index in [2.05, 4.69) is 10.1 Å². The first-order valence-electron chi connectivity index (χ1n) is 6.92. The van der Waals surface area contributed by atoms with Crippen LogP contribution in [0.15, 0.2) is 24.3 Å². The molecular weight excluding hydrogens is 288 g/mol. The highest BCUT2D eigenvalue weighted by Crippen LogP contribution is 2.17. The fraction of sp³-hybridized carbons (Fsp3) is 0.467. The summed E-state index contributed by atoms with van der Waals surface area (Å²) in [7, 11) is 3.28. The van der Waals surface area contributed by atoms with Gasteiger partial charge in [-0.05, 0) is 49.3 Å². The van der Waals surface area contributed by atoms with E-state index in [0.717, 1.165) is 31.5 Å². The first-order valence-corrected chi connectivity index (χ1v) is 7.33. The van der Waals surface area contributed by atoms with Gasteiger partial charge in [-0.1, -0.05) is 6.42 Å². The van der Waals surface area contributed by atoms with Crippen LogP contribution in [0.2, 0.25) is 0 Å². The Hall–Kier alpha value is -1.82. The molecule has 0 amide bonds. The zero-order valence-electron chi connectivity index (χ0n) is 12.5. The molecule has 0 radical (unpaired) electrons. The molecule has 116 valence electrons. The minimum atomic E-state index is -0.162. The number of carbonyl (C=O) groups is 1. The molecule has 1 aromatic carbocycles. The van der Waals surface area contributed by atoms with Crippen LogP contribution in [0, 0.1) is 0 Å². The van der Waals surface area contributed by atoms with E-state index in [1.165, 1.54) is 7.11 Å². The highest BCUT2D eigenvalue weighted by atomic mass is 32.1. The number of phenolic OH excluding ortho intramolecular Hbond substituents is 1. The molecule has 6 heteroatoms. The molecule has 0 fully saturated rings. The molecular formula is C15H22N2O3S. The monoisotopic (exact) mass is 310 g/mol. The van der Waals surface area contributed by atoms with Crippen LogP contribution in [0.3, 0.4) is 0 Å². The molecule has 1 rings (SSSR count). The second-order valence-corrected chi connectivity index (χ2v) is 5.08. The van der Waals surface area contributed by atoms with Crippen LogP contribution in [-0.2, 0) is 9.53 Å². The van der Waals surface area contributed by atoms with Gasteiger partial charge in [0.15, 0.2) is 5.11 Å². The van der Waals surface area contributed by atoms with Crippen molar-refractivity contribution < 1.29 is 14.6 Å². The van der Waals surface area contributed by atoms with Gasteiger partial charge in [0.05, 0.1) is 7.11 Å². The van der Waals surface area contributed by atoms with Gasteiger partial charge in [-0.2, -0.15) is 0 Å². The summed E-state index contributed by atoms with van der Waals surface area (Å²) in [6.07, 6.45) is 3.19. The second-order valence-electron chi connectivity index (χ2n) is 4.69. The average molecular weight is 310 g/mol. The number of nitrogens with one attached hydrogen (secondary N) is 1. The van der Waals surface area contributed by atoms with Crippen molar-refractivity contribution in [2.24, 2.45) is 0 Å². The molecule has 0 aliphatic heterocycles. The third-order valence-electron chi connectivity index (χ3n) is 3.10. The van der Waals surface area contributed by atoms with Crippen LogP contribution in [0.1, 0.15) is 25.7 Å². The van der Waals surface area contributed by atoms with Crippen LogP contribution >= 0.6 is 12.2 Å². The molecule has 0 unspecified atom stereocenters. The summed E-state index contributed by atoms with van der Waals surface area (Å²) in [6.45, 7) is 0.766. The van der Waals surface area contributed by atoms with Crippen molar-refractivity contribution in [3.05, 3.63) is 24.3 Å². The van der Waals surface area contributed by atoms with E-state index in [1.54, 1.807) is 24.3 Å². The van der Waals surface area contributed by atoms with Crippen LogP contribution in [0.4, 0.5) is 5.69 Å². The molecule has 0 saturated carbocycles. The predicted octanol–water partition coefficient (Wildman–Crippen LogP) is 2.44. The largest absolute Gasteiger partial charge is 0.508 e. The van der Waals surface area contributed by atoms with Gasteiger partial charge in [-0.25, -0.2) is 0 Å². The molecule has 5 nitrogen and oxygen atoms in total. The van der Waals surface area contributed by atoms with E-state index >= 15 is 0 Å². The summed E-state index contributed by atoms with van der Waals surface area (Å²) in [6, 6.07) is 6.86. The number of nitrogens with zero attached hydrogens (tertiary/aromatic N) is 1. The standard InChI is InChI=1S/C15H22N2O3S/c1-17(12-7-9-13(18)10-8-12)15(21)16-11-5-3-4-6-14(19)20-2/h7-10,18H,3-6,11H2,1-2H3,(H,16,21). The van der Waals surface area contributed by atoms with Crippen molar-refractivity contribution in [3.63, 3.8) is 0 Å². The van der Waals surface area contributed by atoms with Gasteiger partial charge in [0, 0.05) is 25.7 Å². The smallest absolute Gasteiger partial charge is 0.305 e. The Labute approximate surface area is 130 Å². The highest BCUT2D eigenvalue weighted by Gasteiger charge is 2.06. The highest BCUT2D eigenvalue weighted by molar-refractivity contribution is 7.80. The maximum atomic E-state index is 10.9. The van der Waals surface area contributed by atoms with Gasteiger partial charge in [0.2, 0.25) is 0 Å². The van der Waals surface area contributed by atoms with Crippen LogP contribution in [0.5, 0.6) is 5.75 Å². The predicted molar refractivity (Wildman–Crippen MR) is 87.6 cm³/mol. The lowest BCUT2D eigenvalue weighted by atomic mass is 10.2. The topological polar surface area (TPSA) is 61.8 Å². The van der Waals surface area contributed by atoms with Gasteiger partial charge in [-0.3, -0.25) is 4.79 Å². The van der Waals surface area contributed by atoms with E-state index in [-0.39, 0.29) is 11.7 Å². The number of carbonyl (C=O) groups excluding carboxylic acids is 1. The number of esters is 1. The minimum Gasteiger partial charge on any atom is -0.508 e. The molecule has 0 bridgehead atoms. The molecule has 0 aliphatic rings. The summed E-state index contributed by atoms with van der Waals surface area (Å²) in [5.74, 6) is 0.0715. The van der Waals surface area contributed by atoms with E-state index in [9.17, 15) is 9.90 Å². The van der Waals surface area contributed by atoms with Gasteiger partial charge >= 0.3 is 5.97 Å². The molecule has 0 aliphatic carbocycles. The number of anilines is 1. The lowest BCUT2D eigenvalue weighted by molar-refractivity contribution is -0.140. The fourth-order valence-corrected chi connectivity index (χ4v) is 1.99. The van der Waals surface area contributed by atoms with Crippen LogP contribution in [0.25, 0.3) is 0 Å². The first-order chi connectivity index (χ1) is 10.0. The Morgan fingerprint density at radius 1 is 1.29 bits per heavy atom. The van der Waals surface area contributed by atoms with Crippen molar-refractivity contribution in [1.29, 1.82) is 0 Å². The Morgan fingerprint density at radius 3 is 2.57 bits per heavy atom. The third kappa shape index (κ3) is 6.44. The molecule has 0 spiro atoms. The van der Waals surface area contributed by atoms with Crippen molar-refractivity contribution in [3.8, 4) is 5.75 Å². The number of benzene rings is 1. The molecule has 21 heavy (non-hydrogen) atoms. The summed E-state index contributed by atoms with van der Waals surface area (Å²) in [5, 5.41) is 13.1. The van der Waals surface area contributed by atoms with E-state index in [0.29, 0.717) is 11.5 Å². The number of unbranched alkanes of at least 4 members (excludes halogenated alkanes) is 2. The maximum absolute atomic E-state index is 10.9. The summed E-state index contributed by atoms with van der Waals surface area (Å²) in [4.78, 5) is 12.8. The van der Waals surface area contributed by atoms with Gasteiger partial charge in [-0.15, -0.1) is 0 Å². The van der Waals surface area contributed by atoms with E-state index in [4.69, 9.17) is 12.2 Å². The van der Waals surface area contributed by atoms with Crippen molar-refractivity contribution in [2.45, 2.75) is 25.7 Å². The number of hydrogen-bond donors (Lipinski definition) is 2. The SMILES string of the molecule is COC(=O)CCCCCNC(=S)N(C)c1ccc(O)cc1. The van der Waals surface area contributed by atoms with Crippen molar-refractivity contribution >= 4 is 29.0 Å². The lowest BCUT2D eigenvalue weighted by Gasteiger charge is -2.21. The first kappa shape index (κ1) is 17.2. The second kappa shape index (κ2) is 9.18. The number of thiocarbonyl (C=S) groups is 1. The van der Waals surface area contributed by atoms with Gasteiger partial charge < -0.3 is 20.1 Å². The molecule has 0 heterocycles. The number of ether oxygens (including phenoxy) is 1. The fourth-order valence-electron chi connectivity index (χ4n) is 1.78. The lowest BCUT2D eigenvalue weighted by Crippen LogP contribution is -2.37. The molecule has 0 aromatic heterocycles. The molecule has 0 atom stereocenters. The zero-order valence-corrected chi connectivity index (χ0v) is 13.3. The Kier molecular flexibility index (Phi) is 7.53. The third-order valence-corrected chi connectivity index (χ3v) is 3.52. The average Bonchev–Trinajstić information content (AvgIpc) is 2.50. The number of methoxy groups -OCH3 is 1. The molecule has 1 aromatic rings. The van der Waals surface area contributed by atoms with Crippen molar-refractivity contribution in [1.82, 2.24) is 5.32 Å². The van der Waals surface area contributed by atoms with E-state index in [1.807, 2.05) is 11.9 Å². The Bertz CT molecular complexity index is 462. The minimum absolute atomic E-state index is 0.162. The number of rotatable bonds is 7. The maximum Gasteiger partial charge on any atom is 0.305 e. The zero-order chi connectivity index (χ0) is 15.7. The number of phenols is 1. The summed E-state index contributed by atoms with van der Waals surface area (Å²) in [5.41, 5.74) is 0.913. The summed E-state index contributed by atoms with van der Waals surface area (Å²) < 4.78 is 4.58.